The van der Waals surface area contributed by atoms with Crippen LogP contribution >= 0.6 is 0 Å². The topological polar surface area (TPSA) is 90.9 Å². The van der Waals surface area contributed by atoms with Crippen molar-refractivity contribution in [1.29, 1.82) is 0 Å². The summed E-state index contributed by atoms with van der Waals surface area (Å²) in [6, 6.07) is 1.39. The Morgan fingerprint density at radius 2 is 2.00 bits per heavy atom. The van der Waals surface area contributed by atoms with Gasteiger partial charge in [0.2, 0.25) is 10.0 Å². The molecule has 20 heavy (non-hydrogen) atoms. The molecule has 0 saturated carbocycles. The minimum atomic E-state index is -4.58. The number of hydrogen-bond acceptors (Lipinski definition) is 4. The average molecular weight is 306 g/mol. The van der Waals surface area contributed by atoms with Crippen molar-refractivity contribution in [1.82, 2.24) is 14.8 Å². The van der Waals surface area contributed by atoms with Gasteiger partial charge in [-0.15, -0.1) is 0 Å². The molecule has 0 saturated heterocycles. The molecule has 0 aliphatic rings. The van der Waals surface area contributed by atoms with Crippen molar-refractivity contribution >= 4 is 10.0 Å². The van der Waals surface area contributed by atoms with Crippen molar-refractivity contribution in [2.24, 2.45) is 5.14 Å². The Morgan fingerprint density at radius 3 is 2.50 bits per heavy atom. The van der Waals surface area contributed by atoms with Gasteiger partial charge in [0.05, 0.1) is 11.8 Å². The molecule has 0 aliphatic heterocycles. The summed E-state index contributed by atoms with van der Waals surface area (Å²) in [5, 5.41) is 8.54. The maximum absolute atomic E-state index is 12.5. The van der Waals surface area contributed by atoms with E-state index in [1.54, 1.807) is 0 Å². The van der Waals surface area contributed by atoms with Crippen LogP contribution in [0.2, 0.25) is 0 Å². The summed E-state index contributed by atoms with van der Waals surface area (Å²) < 4.78 is 61.3. The van der Waals surface area contributed by atoms with E-state index in [2.05, 4.69) is 10.1 Å². The number of primary sulfonamides is 1. The predicted molar refractivity (Wildman–Crippen MR) is 62.5 cm³/mol. The molecule has 0 unspecified atom stereocenters. The average Bonchev–Trinajstić information content (AvgIpc) is 2.75. The fourth-order valence-electron chi connectivity index (χ4n) is 1.63. The number of pyridine rings is 1. The lowest BCUT2D eigenvalue weighted by atomic mass is 10.3. The second-order valence-corrected chi connectivity index (χ2v) is 5.50. The highest BCUT2D eigenvalue weighted by Gasteiger charge is 2.33. The summed E-state index contributed by atoms with van der Waals surface area (Å²) in [5.41, 5.74) is -0.747. The molecule has 0 atom stereocenters. The zero-order valence-corrected chi connectivity index (χ0v) is 10.9. The van der Waals surface area contributed by atoms with Gasteiger partial charge in [0.25, 0.3) is 0 Å². The third-order valence-electron chi connectivity index (χ3n) is 2.49. The lowest BCUT2D eigenvalue weighted by Gasteiger charge is -2.09. The third kappa shape index (κ3) is 2.65. The van der Waals surface area contributed by atoms with E-state index in [-0.39, 0.29) is 16.3 Å². The zero-order valence-electron chi connectivity index (χ0n) is 10.1. The summed E-state index contributed by atoms with van der Waals surface area (Å²) >= 11 is 0. The molecule has 6 nitrogen and oxygen atoms in total. The second-order valence-electron chi connectivity index (χ2n) is 4.00. The minimum absolute atomic E-state index is 0.265. The molecule has 0 bridgehead atoms. The predicted octanol–water partition coefficient (Wildman–Crippen LogP) is 1.24. The maximum atomic E-state index is 12.5. The highest BCUT2D eigenvalue weighted by atomic mass is 32.2. The van der Waals surface area contributed by atoms with Crippen molar-refractivity contribution in [3.63, 3.8) is 0 Å². The van der Waals surface area contributed by atoms with Crippen molar-refractivity contribution < 1.29 is 21.6 Å². The fraction of sp³-hybridized carbons (Fsp3) is 0.200. The van der Waals surface area contributed by atoms with Gasteiger partial charge in [-0.2, -0.15) is 18.3 Å². The lowest BCUT2D eigenvalue weighted by molar-refractivity contribution is -0.137. The Bertz CT molecular complexity index is 752. The van der Waals surface area contributed by atoms with Crippen LogP contribution in [-0.4, -0.2) is 23.2 Å². The summed E-state index contributed by atoms with van der Waals surface area (Å²) in [5.74, 6) is -0.275. The number of halogens is 3. The number of nitrogens with two attached hydrogens (primary N) is 1. The van der Waals surface area contributed by atoms with E-state index in [0.717, 1.165) is 4.68 Å². The Kier molecular flexibility index (Phi) is 3.30. The SMILES string of the molecule is Cc1ccnc(-n2cc(C(F)(F)F)cn2)c1S(N)(=O)=O. The van der Waals surface area contributed by atoms with Crippen molar-refractivity contribution in [2.75, 3.05) is 0 Å². The van der Waals surface area contributed by atoms with E-state index in [1.807, 2.05) is 0 Å². The van der Waals surface area contributed by atoms with Gasteiger partial charge in [0.15, 0.2) is 5.82 Å². The maximum Gasteiger partial charge on any atom is 0.419 e. The summed E-state index contributed by atoms with van der Waals surface area (Å²) in [7, 11) is -4.14. The van der Waals surface area contributed by atoms with Gasteiger partial charge >= 0.3 is 6.18 Å². The van der Waals surface area contributed by atoms with Crippen molar-refractivity contribution in [3.8, 4) is 5.82 Å². The number of nitrogens with zero attached hydrogens (tertiary/aromatic N) is 3. The number of rotatable bonds is 2. The first-order valence-electron chi connectivity index (χ1n) is 5.21. The minimum Gasteiger partial charge on any atom is -0.236 e. The molecule has 108 valence electrons. The van der Waals surface area contributed by atoms with Gasteiger partial charge < -0.3 is 0 Å². The highest BCUT2D eigenvalue weighted by molar-refractivity contribution is 7.89. The van der Waals surface area contributed by atoms with Crippen LogP contribution in [0.5, 0.6) is 0 Å². The largest absolute Gasteiger partial charge is 0.419 e. The summed E-state index contributed by atoms with van der Waals surface area (Å²) in [6.45, 7) is 1.46. The van der Waals surface area contributed by atoms with Crippen LogP contribution in [0.3, 0.4) is 0 Å². The third-order valence-corrected chi connectivity index (χ3v) is 3.57. The molecular formula is C10H9F3N4O2S. The van der Waals surface area contributed by atoms with E-state index < -0.39 is 21.8 Å². The lowest BCUT2D eigenvalue weighted by Crippen LogP contribution is -2.18. The number of aryl methyl sites for hydroxylation is 1. The smallest absolute Gasteiger partial charge is 0.236 e. The Morgan fingerprint density at radius 1 is 1.35 bits per heavy atom. The number of hydrogen-bond donors (Lipinski definition) is 1. The quantitative estimate of drug-likeness (QED) is 0.903. The first-order valence-corrected chi connectivity index (χ1v) is 6.76. The molecule has 2 rings (SSSR count). The molecule has 2 aromatic rings. The van der Waals surface area contributed by atoms with Crippen LogP contribution in [0.25, 0.3) is 5.82 Å². The van der Waals surface area contributed by atoms with Gasteiger partial charge in [-0.1, -0.05) is 0 Å². The van der Waals surface area contributed by atoms with Gasteiger partial charge in [-0.25, -0.2) is 23.2 Å². The Labute approximate surface area is 112 Å². The van der Waals surface area contributed by atoms with E-state index in [9.17, 15) is 21.6 Å². The number of alkyl halides is 3. The van der Waals surface area contributed by atoms with Crippen LogP contribution in [0.4, 0.5) is 13.2 Å². The van der Waals surface area contributed by atoms with Gasteiger partial charge in [0.1, 0.15) is 4.90 Å². The molecular weight excluding hydrogens is 297 g/mol. The van der Waals surface area contributed by atoms with E-state index >= 15 is 0 Å². The van der Waals surface area contributed by atoms with E-state index in [1.165, 1.54) is 19.2 Å². The molecule has 0 amide bonds. The monoisotopic (exact) mass is 306 g/mol. The molecule has 2 heterocycles. The van der Waals surface area contributed by atoms with Gasteiger partial charge in [-0.05, 0) is 18.6 Å². The van der Waals surface area contributed by atoms with Crippen LogP contribution in [0.15, 0.2) is 29.6 Å². The molecule has 10 heteroatoms. The van der Waals surface area contributed by atoms with Crippen molar-refractivity contribution in [3.05, 3.63) is 35.8 Å². The normalized spacial score (nSPS) is 12.7. The highest BCUT2D eigenvalue weighted by Crippen LogP contribution is 2.29. The molecule has 0 aliphatic carbocycles. The molecule has 0 aromatic carbocycles. The van der Waals surface area contributed by atoms with Crippen molar-refractivity contribution in [2.45, 2.75) is 18.0 Å². The molecule has 2 N–H and O–H groups in total. The fourth-order valence-corrected chi connectivity index (χ4v) is 2.55. The first-order chi connectivity index (χ1) is 9.10. The Hall–Kier alpha value is -1.94. The summed E-state index contributed by atoms with van der Waals surface area (Å²) in [6.07, 6.45) is -2.09. The van der Waals surface area contributed by atoms with Crippen LogP contribution < -0.4 is 5.14 Å². The molecule has 0 spiro atoms. The van der Waals surface area contributed by atoms with Crippen LogP contribution in [-0.2, 0) is 16.2 Å². The van der Waals surface area contributed by atoms with E-state index in [4.69, 9.17) is 5.14 Å². The zero-order chi connectivity index (χ0) is 15.1. The first kappa shape index (κ1) is 14.5. The Balaban J connectivity index is 2.66. The second kappa shape index (κ2) is 4.56. The number of sulfonamides is 1. The molecule has 0 radical (unpaired) electrons. The standard InChI is InChI=1S/C10H9F3N4O2S/c1-6-2-3-15-9(8(6)20(14,18)19)17-5-7(4-16-17)10(11,12)13/h2-5H,1H3,(H2,14,18,19). The number of aromatic nitrogens is 3. The van der Waals surface area contributed by atoms with Gasteiger partial charge in [-0.3, -0.25) is 0 Å². The van der Waals surface area contributed by atoms with E-state index in [0.29, 0.717) is 12.4 Å². The van der Waals surface area contributed by atoms with Crippen LogP contribution in [0, 0.1) is 6.92 Å². The molecule has 0 fully saturated rings. The van der Waals surface area contributed by atoms with Crippen LogP contribution in [0.1, 0.15) is 11.1 Å². The molecule has 2 aromatic heterocycles. The summed E-state index contributed by atoms with van der Waals surface area (Å²) in [4.78, 5) is 3.38. The van der Waals surface area contributed by atoms with Gasteiger partial charge in [0, 0.05) is 12.4 Å².